The van der Waals surface area contributed by atoms with Gasteiger partial charge in [0.1, 0.15) is 5.03 Å². The Morgan fingerprint density at radius 3 is 2.76 bits per heavy atom. The van der Waals surface area contributed by atoms with Gasteiger partial charge in [-0.25, -0.2) is 4.98 Å². The van der Waals surface area contributed by atoms with Crippen LogP contribution in [0.1, 0.15) is 40.9 Å². The van der Waals surface area contributed by atoms with E-state index in [-0.39, 0.29) is 5.78 Å². The van der Waals surface area contributed by atoms with Gasteiger partial charge < -0.3 is 14.5 Å². The summed E-state index contributed by atoms with van der Waals surface area (Å²) in [5, 5.41) is 2.00. The van der Waals surface area contributed by atoms with Gasteiger partial charge in [-0.2, -0.15) is 0 Å². The van der Waals surface area contributed by atoms with Crippen LogP contribution in [0.3, 0.4) is 0 Å². The molecule has 5 nitrogen and oxygen atoms in total. The number of aromatic nitrogens is 1. The highest BCUT2D eigenvalue weighted by Gasteiger charge is 2.19. The van der Waals surface area contributed by atoms with Crippen LogP contribution in [0.2, 0.25) is 0 Å². The monoisotopic (exact) mass is 433 g/mol. The summed E-state index contributed by atoms with van der Waals surface area (Å²) >= 11 is 3.28. The van der Waals surface area contributed by atoms with Crippen LogP contribution in [0, 0.1) is 0 Å². The Bertz CT molecular complexity index is 773. The van der Waals surface area contributed by atoms with Gasteiger partial charge >= 0.3 is 0 Å². The maximum atomic E-state index is 13.1. The van der Waals surface area contributed by atoms with E-state index in [1.807, 2.05) is 18.2 Å². The molecular formula is C22H31N3O2S2. The second kappa shape index (κ2) is 11.7. The van der Waals surface area contributed by atoms with E-state index in [0.717, 1.165) is 65.5 Å². The van der Waals surface area contributed by atoms with Crippen LogP contribution in [0.4, 0.5) is 5.00 Å². The number of carbonyl (C=O) groups is 1. The zero-order valence-corrected chi connectivity index (χ0v) is 19.1. The van der Waals surface area contributed by atoms with Crippen LogP contribution in [0.15, 0.2) is 35.5 Å². The molecule has 0 aromatic carbocycles. The fraction of sp³-hybridized carbons (Fsp3) is 0.545. The summed E-state index contributed by atoms with van der Waals surface area (Å²) < 4.78 is 5.42. The van der Waals surface area contributed by atoms with Crippen LogP contribution in [-0.2, 0) is 4.74 Å². The van der Waals surface area contributed by atoms with E-state index in [9.17, 15) is 4.79 Å². The average Bonchev–Trinajstić information content (AvgIpc) is 3.23. The third kappa shape index (κ3) is 6.81. The molecule has 1 saturated heterocycles. The van der Waals surface area contributed by atoms with E-state index in [0.29, 0.717) is 0 Å². The molecule has 158 valence electrons. The van der Waals surface area contributed by atoms with Crippen molar-refractivity contribution < 1.29 is 9.53 Å². The summed E-state index contributed by atoms with van der Waals surface area (Å²) in [6, 6.07) is 7.77. The van der Waals surface area contributed by atoms with Crippen molar-refractivity contribution in [2.24, 2.45) is 0 Å². The molecule has 1 aliphatic heterocycles. The van der Waals surface area contributed by atoms with Crippen molar-refractivity contribution in [2.75, 3.05) is 57.6 Å². The minimum Gasteiger partial charge on any atom is -0.378 e. The first-order chi connectivity index (χ1) is 14.1. The number of thioether (sulfide) groups is 1. The Morgan fingerprint density at radius 1 is 1.17 bits per heavy atom. The Labute approximate surface area is 182 Å². The van der Waals surface area contributed by atoms with Gasteiger partial charge in [0.2, 0.25) is 5.78 Å². The van der Waals surface area contributed by atoms with Gasteiger partial charge in [-0.3, -0.25) is 4.79 Å². The number of nitrogens with zero attached hydrogens (tertiary/aromatic N) is 3. The third-order valence-corrected chi connectivity index (χ3v) is 7.13. The summed E-state index contributed by atoms with van der Waals surface area (Å²) in [5.41, 5.74) is 0.723. The summed E-state index contributed by atoms with van der Waals surface area (Å²) in [7, 11) is 4.24. The molecule has 0 unspecified atom stereocenters. The van der Waals surface area contributed by atoms with E-state index in [1.165, 1.54) is 19.3 Å². The molecule has 0 spiro atoms. The van der Waals surface area contributed by atoms with Gasteiger partial charge in [-0.1, -0.05) is 12.8 Å². The highest BCUT2D eigenvalue weighted by molar-refractivity contribution is 7.99. The molecule has 7 heteroatoms. The standard InChI is InChI=1S/C22H31N3O2S2/c1-24(2)12-5-3-4-6-17-28-22-18(8-7-11-23-22)21(26)19-9-10-20(29-19)25-13-15-27-16-14-25/h7-11H,3-6,12-17H2,1-2H3. The smallest absolute Gasteiger partial charge is 0.205 e. The lowest BCUT2D eigenvalue weighted by molar-refractivity contribution is 0.103. The van der Waals surface area contributed by atoms with Gasteiger partial charge in [0, 0.05) is 19.3 Å². The molecule has 0 N–H and O–H groups in total. The van der Waals surface area contributed by atoms with Crippen molar-refractivity contribution in [3.63, 3.8) is 0 Å². The number of thiophene rings is 1. The Balaban J connectivity index is 1.54. The van der Waals surface area contributed by atoms with Crippen molar-refractivity contribution in [3.05, 3.63) is 40.9 Å². The summed E-state index contributed by atoms with van der Waals surface area (Å²) in [6.07, 6.45) is 6.66. The molecule has 2 aromatic heterocycles. The van der Waals surface area contributed by atoms with Crippen molar-refractivity contribution >= 4 is 33.9 Å². The number of hydrogen-bond donors (Lipinski definition) is 0. The van der Waals surface area contributed by atoms with Crippen LogP contribution in [0.5, 0.6) is 0 Å². The Hall–Kier alpha value is -1.41. The highest BCUT2D eigenvalue weighted by atomic mass is 32.2. The van der Waals surface area contributed by atoms with Crippen LogP contribution < -0.4 is 4.90 Å². The molecule has 1 fully saturated rings. The van der Waals surface area contributed by atoms with Crippen molar-refractivity contribution in [1.82, 2.24) is 9.88 Å². The lowest BCUT2D eigenvalue weighted by Gasteiger charge is -2.27. The second-order valence-electron chi connectivity index (χ2n) is 7.49. The Kier molecular flexibility index (Phi) is 8.98. The van der Waals surface area contributed by atoms with E-state index in [4.69, 9.17) is 4.74 Å². The highest BCUT2D eigenvalue weighted by Crippen LogP contribution is 2.30. The number of anilines is 1. The van der Waals surface area contributed by atoms with E-state index >= 15 is 0 Å². The molecule has 1 aliphatic rings. The van der Waals surface area contributed by atoms with Crippen molar-refractivity contribution in [3.8, 4) is 0 Å². The third-order valence-electron chi connectivity index (χ3n) is 4.89. The second-order valence-corrected chi connectivity index (χ2v) is 9.63. The van der Waals surface area contributed by atoms with Crippen LogP contribution in [0.25, 0.3) is 0 Å². The lowest BCUT2D eigenvalue weighted by Crippen LogP contribution is -2.35. The summed E-state index contributed by atoms with van der Waals surface area (Å²) in [6.45, 7) is 4.42. The number of rotatable bonds is 11. The number of carbonyl (C=O) groups excluding carboxylic acids is 1. The van der Waals surface area contributed by atoms with E-state index in [1.54, 1.807) is 29.3 Å². The molecule has 0 saturated carbocycles. The van der Waals surface area contributed by atoms with Crippen LogP contribution in [-0.4, -0.2) is 68.4 Å². The first kappa shape index (κ1) is 22.3. The Morgan fingerprint density at radius 2 is 1.97 bits per heavy atom. The minimum absolute atomic E-state index is 0.0797. The largest absolute Gasteiger partial charge is 0.378 e. The maximum absolute atomic E-state index is 13.1. The number of pyridine rings is 1. The minimum atomic E-state index is 0.0797. The molecular weight excluding hydrogens is 402 g/mol. The maximum Gasteiger partial charge on any atom is 0.205 e. The number of unbranched alkanes of at least 4 members (excludes halogenated alkanes) is 3. The van der Waals surface area contributed by atoms with Crippen LogP contribution >= 0.6 is 23.1 Å². The predicted molar refractivity (Wildman–Crippen MR) is 123 cm³/mol. The SMILES string of the molecule is CN(C)CCCCCCSc1ncccc1C(=O)c1ccc(N2CCOCC2)s1. The molecule has 0 radical (unpaired) electrons. The molecule has 3 rings (SSSR count). The average molecular weight is 434 g/mol. The quantitative estimate of drug-likeness (QED) is 0.297. The summed E-state index contributed by atoms with van der Waals surface area (Å²) in [5.74, 6) is 1.08. The van der Waals surface area contributed by atoms with E-state index in [2.05, 4.69) is 34.9 Å². The normalized spacial score (nSPS) is 14.5. The predicted octanol–water partition coefficient (Wildman–Crippen LogP) is 4.42. The van der Waals surface area contributed by atoms with Gasteiger partial charge in [0.25, 0.3) is 0 Å². The van der Waals surface area contributed by atoms with Crippen molar-refractivity contribution in [2.45, 2.75) is 30.7 Å². The number of ether oxygens (including phenoxy) is 1. The van der Waals surface area contributed by atoms with Gasteiger partial charge in [0.05, 0.1) is 28.7 Å². The molecule has 0 aliphatic carbocycles. The summed E-state index contributed by atoms with van der Waals surface area (Å²) in [4.78, 5) is 22.9. The number of hydrogen-bond acceptors (Lipinski definition) is 7. The molecule has 0 atom stereocenters. The lowest BCUT2D eigenvalue weighted by atomic mass is 10.1. The first-order valence-electron chi connectivity index (χ1n) is 10.3. The zero-order chi connectivity index (χ0) is 20.5. The molecule has 3 heterocycles. The van der Waals surface area contributed by atoms with Crippen molar-refractivity contribution in [1.29, 1.82) is 0 Å². The molecule has 0 bridgehead atoms. The topological polar surface area (TPSA) is 45.7 Å². The molecule has 2 aromatic rings. The van der Waals surface area contributed by atoms with Gasteiger partial charge in [-0.05, 0) is 63.5 Å². The van der Waals surface area contributed by atoms with Gasteiger partial charge in [-0.15, -0.1) is 23.1 Å². The fourth-order valence-electron chi connectivity index (χ4n) is 3.27. The zero-order valence-electron chi connectivity index (χ0n) is 17.4. The number of morpholine rings is 1. The molecule has 0 amide bonds. The fourth-order valence-corrected chi connectivity index (χ4v) is 5.27. The molecule has 29 heavy (non-hydrogen) atoms. The first-order valence-corrected chi connectivity index (χ1v) is 12.1. The van der Waals surface area contributed by atoms with E-state index < -0.39 is 0 Å². The van der Waals surface area contributed by atoms with Gasteiger partial charge in [0.15, 0.2) is 0 Å². The number of ketones is 1.